The molecule has 0 aromatic carbocycles. The van der Waals surface area contributed by atoms with Crippen molar-refractivity contribution in [3.8, 4) is 0 Å². The number of esters is 1. The molecular weight excluding hydrogens is 190 g/mol. The molecule has 2 atom stereocenters. The zero-order valence-electron chi connectivity index (χ0n) is 9.29. The number of hydrogen-bond donors (Lipinski definition) is 1. The van der Waals surface area contributed by atoms with E-state index in [-0.39, 0.29) is 18.0 Å². The molecule has 2 rings (SSSR count). The topological polar surface area (TPSA) is 38.3 Å². The average molecular weight is 209 g/mol. The van der Waals surface area contributed by atoms with Gasteiger partial charge in [0, 0.05) is 6.54 Å². The van der Waals surface area contributed by atoms with Crippen LogP contribution < -0.4 is 5.32 Å². The minimum Gasteiger partial charge on any atom is -0.461 e. The van der Waals surface area contributed by atoms with Gasteiger partial charge in [0.25, 0.3) is 0 Å². The van der Waals surface area contributed by atoms with Crippen molar-refractivity contribution in [2.75, 3.05) is 13.1 Å². The third kappa shape index (κ3) is 2.81. The first-order valence-corrected chi connectivity index (χ1v) is 5.82. The molecule has 0 bridgehead atoms. The summed E-state index contributed by atoms with van der Waals surface area (Å²) in [6.07, 6.45) is 6.12. The first-order chi connectivity index (χ1) is 7.25. The van der Waals surface area contributed by atoms with Gasteiger partial charge in [-0.3, -0.25) is 4.79 Å². The minimum absolute atomic E-state index is 0.00690. The van der Waals surface area contributed by atoms with Gasteiger partial charge in [-0.05, 0) is 39.2 Å². The summed E-state index contributed by atoms with van der Waals surface area (Å²) in [5, 5.41) is 3.20. The van der Waals surface area contributed by atoms with E-state index in [9.17, 15) is 4.79 Å². The fraction of sp³-hybridized carbons (Fsp3) is 0.750. The van der Waals surface area contributed by atoms with Crippen LogP contribution in [0.15, 0.2) is 11.6 Å². The van der Waals surface area contributed by atoms with Gasteiger partial charge in [-0.25, -0.2) is 0 Å². The Bertz CT molecular complexity index is 267. The molecule has 1 fully saturated rings. The Balaban J connectivity index is 1.80. The maximum absolute atomic E-state index is 11.8. The lowest BCUT2D eigenvalue weighted by atomic mass is 9.90. The van der Waals surface area contributed by atoms with Crippen LogP contribution in [0.2, 0.25) is 0 Å². The Hall–Kier alpha value is -0.830. The normalized spacial score (nSPS) is 31.1. The zero-order chi connectivity index (χ0) is 10.7. The van der Waals surface area contributed by atoms with Gasteiger partial charge in [0.1, 0.15) is 6.10 Å². The predicted molar refractivity (Wildman–Crippen MR) is 58.5 cm³/mol. The highest BCUT2D eigenvalue weighted by Gasteiger charge is 2.25. The molecule has 1 N–H and O–H groups in total. The standard InChI is InChI=1S/C12H19NO2/c1-9-2-4-10(5-3-9)12(14)15-11-6-7-13-8-11/h2,10-11,13H,3-8H2,1H3/t10?,11-/m1/s1. The van der Waals surface area contributed by atoms with E-state index in [0.717, 1.165) is 38.8 Å². The first kappa shape index (κ1) is 10.7. The van der Waals surface area contributed by atoms with Crippen LogP contribution in [0.5, 0.6) is 0 Å². The Kier molecular flexibility index (Phi) is 3.41. The fourth-order valence-electron chi connectivity index (χ4n) is 2.17. The Labute approximate surface area is 90.9 Å². The molecule has 0 aromatic heterocycles. The average Bonchev–Trinajstić information content (AvgIpc) is 2.71. The monoisotopic (exact) mass is 209 g/mol. The second kappa shape index (κ2) is 4.79. The molecule has 0 spiro atoms. The van der Waals surface area contributed by atoms with Crippen LogP contribution in [0.25, 0.3) is 0 Å². The molecule has 1 unspecified atom stereocenters. The van der Waals surface area contributed by atoms with Crippen molar-refractivity contribution in [3.05, 3.63) is 11.6 Å². The molecule has 1 heterocycles. The van der Waals surface area contributed by atoms with Gasteiger partial charge in [-0.1, -0.05) is 11.6 Å². The Morgan fingerprint density at radius 2 is 2.40 bits per heavy atom. The molecule has 1 saturated heterocycles. The van der Waals surface area contributed by atoms with Crippen LogP contribution >= 0.6 is 0 Å². The third-order valence-electron chi connectivity index (χ3n) is 3.27. The summed E-state index contributed by atoms with van der Waals surface area (Å²) in [6, 6.07) is 0. The van der Waals surface area contributed by atoms with E-state index < -0.39 is 0 Å². The molecule has 1 aliphatic carbocycles. The van der Waals surface area contributed by atoms with Gasteiger partial charge in [0.2, 0.25) is 0 Å². The van der Waals surface area contributed by atoms with Crippen LogP contribution in [0.1, 0.15) is 32.6 Å². The van der Waals surface area contributed by atoms with Crippen molar-refractivity contribution in [2.45, 2.75) is 38.7 Å². The number of carbonyl (C=O) groups excluding carboxylic acids is 1. The summed E-state index contributed by atoms with van der Waals surface area (Å²) in [6.45, 7) is 3.93. The second-order valence-corrected chi connectivity index (χ2v) is 4.57. The van der Waals surface area contributed by atoms with Crippen LogP contribution in [-0.4, -0.2) is 25.2 Å². The van der Waals surface area contributed by atoms with E-state index >= 15 is 0 Å². The largest absolute Gasteiger partial charge is 0.461 e. The highest BCUT2D eigenvalue weighted by molar-refractivity contribution is 5.73. The van der Waals surface area contributed by atoms with Crippen molar-refractivity contribution in [1.82, 2.24) is 5.32 Å². The summed E-state index contributed by atoms with van der Waals surface area (Å²) >= 11 is 0. The number of rotatable bonds is 2. The number of hydrogen-bond acceptors (Lipinski definition) is 3. The van der Waals surface area contributed by atoms with Crippen molar-refractivity contribution < 1.29 is 9.53 Å². The highest BCUT2D eigenvalue weighted by Crippen LogP contribution is 2.24. The van der Waals surface area contributed by atoms with E-state index in [1.54, 1.807) is 0 Å². The molecule has 1 aliphatic heterocycles. The van der Waals surface area contributed by atoms with Crippen molar-refractivity contribution >= 4 is 5.97 Å². The van der Waals surface area contributed by atoms with Crippen LogP contribution in [-0.2, 0) is 9.53 Å². The summed E-state index contributed by atoms with van der Waals surface area (Å²) in [4.78, 5) is 11.8. The van der Waals surface area contributed by atoms with Crippen LogP contribution in [0, 0.1) is 5.92 Å². The van der Waals surface area contributed by atoms with E-state index in [1.807, 2.05) is 0 Å². The molecule has 3 heteroatoms. The number of nitrogens with one attached hydrogen (secondary N) is 1. The lowest BCUT2D eigenvalue weighted by Gasteiger charge is -2.21. The van der Waals surface area contributed by atoms with E-state index in [1.165, 1.54) is 5.57 Å². The molecule has 15 heavy (non-hydrogen) atoms. The first-order valence-electron chi connectivity index (χ1n) is 5.82. The number of allylic oxidation sites excluding steroid dienone is 2. The summed E-state index contributed by atoms with van der Waals surface area (Å²) < 4.78 is 5.46. The van der Waals surface area contributed by atoms with E-state index in [4.69, 9.17) is 4.74 Å². The number of ether oxygens (including phenoxy) is 1. The SMILES string of the molecule is CC1=CCC(C(=O)O[C@@H]2CCNC2)CC1. The van der Waals surface area contributed by atoms with Crippen molar-refractivity contribution in [3.63, 3.8) is 0 Å². The predicted octanol–water partition coefficient (Wildman–Crippen LogP) is 1.64. The molecule has 0 aromatic rings. The summed E-state index contributed by atoms with van der Waals surface area (Å²) in [5.41, 5.74) is 1.40. The van der Waals surface area contributed by atoms with E-state index in [2.05, 4.69) is 18.3 Å². The number of carbonyl (C=O) groups is 1. The fourth-order valence-corrected chi connectivity index (χ4v) is 2.17. The minimum atomic E-state index is 0.00690. The van der Waals surface area contributed by atoms with Gasteiger partial charge in [0.05, 0.1) is 5.92 Å². The van der Waals surface area contributed by atoms with Crippen molar-refractivity contribution in [2.24, 2.45) is 5.92 Å². The maximum Gasteiger partial charge on any atom is 0.309 e. The molecule has 84 valence electrons. The smallest absolute Gasteiger partial charge is 0.309 e. The van der Waals surface area contributed by atoms with Crippen LogP contribution in [0.4, 0.5) is 0 Å². The molecule has 3 nitrogen and oxygen atoms in total. The van der Waals surface area contributed by atoms with E-state index in [0.29, 0.717) is 0 Å². The molecule has 2 aliphatic rings. The molecule has 0 radical (unpaired) electrons. The Morgan fingerprint density at radius 1 is 1.53 bits per heavy atom. The highest BCUT2D eigenvalue weighted by atomic mass is 16.5. The van der Waals surface area contributed by atoms with Gasteiger partial charge >= 0.3 is 5.97 Å². The molecule has 0 saturated carbocycles. The van der Waals surface area contributed by atoms with Gasteiger partial charge < -0.3 is 10.1 Å². The lowest BCUT2D eigenvalue weighted by molar-refractivity contribution is -0.153. The summed E-state index contributed by atoms with van der Waals surface area (Å²) in [5.74, 6) is 0.113. The maximum atomic E-state index is 11.8. The van der Waals surface area contributed by atoms with Gasteiger partial charge in [-0.15, -0.1) is 0 Å². The van der Waals surface area contributed by atoms with Gasteiger partial charge in [-0.2, -0.15) is 0 Å². The lowest BCUT2D eigenvalue weighted by Crippen LogP contribution is -2.26. The summed E-state index contributed by atoms with van der Waals surface area (Å²) in [7, 11) is 0. The second-order valence-electron chi connectivity index (χ2n) is 4.57. The quantitative estimate of drug-likeness (QED) is 0.555. The van der Waals surface area contributed by atoms with Crippen molar-refractivity contribution in [1.29, 1.82) is 0 Å². The Morgan fingerprint density at radius 3 is 3.00 bits per heavy atom. The van der Waals surface area contributed by atoms with Crippen LogP contribution in [0.3, 0.4) is 0 Å². The molecular formula is C12H19NO2. The third-order valence-corrected chi connectivity index (χ3v) is 3.27. The van der Waals surface area contributed by atoms with Gasteiger partial charge in [0.15, 0.2) is 0 Å². The zero-order valence-corrected chi connectivity index (χ0v) is 9.29. The molecule has 0 amide bonds.